The molecule has 3 N–H and O–H groups in total. The summed E-state index contributed by atoms with van der Waals surface area (Å²) in [4.78, 5) is 0. The summed E-state index contributed by atoms with van der Waals surface area (Å²) < 4.78 is 0. The third-order valence-corrected chi connectivity index (χ3v) is 9.98. The number of hydrogen-bond acceptors (Lipinski definition) is 3. The Balaban J connectivity index is 1.49. The first kappa shape index (κ1) is 34.6. The van der Waals surface area contributed by atoms with Crippen molar-refractivity contribution in [3.05, 3.63) is 193 Å². The first-order valence-corrected chi connectivity index (χ1v) is 17.5. The van der Waals surface area contributed by atoms with Gasteiger partial charge in [-0.15, -0.1) is 0 Å². The van der Waals surface area contributed by atoms with E-state index in [1.807, 2.05) is 38.1 Å². The van der Waals surface area contributed by atoms with Gasteiger partial charge < -0.3 is 15.3 Å². The largest absolute Gasteiger partial charge is 0.508 e. The van der Waals surface area contributed by atoms with Gasteiger partial charge in [0.25, 0.3) is 0 Å². The van der Waals surface area contributed by atoms with Crippen LogP contribution in [0.5, 0.6) is 17.2 Å². The summed E-state index contributed by atoms with van der Waals surface area (Å²) in [6.45, 7) is 12.8. The fraction of sp³-hybridized carbons (Fsp3) is 0.234. The summed E-state index contributed by atoms with van der Waals surface area (Å²) in [5.74, 6) is 0.615. The van der Waals surface area contributed by atoms with E-state index in [-0.39, 0.29) is 17.2 Å². The van der Waals surface area contributed by atoms with E-state index < -0.39 is 5.41 Å². The van der Waals surface area contributed by atoms with Crippen LogP contribution >= 0.6 is 0 Å². The van der Waals surface area contributed by atoms with E-state index in [1.54, 1.807) is 12.1 Å². The number of benzene rings is 6. The van der Waals surface area contributed by atoms with Gasteiger partial charge in [-0.2, -0.15) is 0 Å². The van der Waals surface area contributed by atoms with Crippen LogP contribution in [0.1, 0.15) is 91.7 Å². The maximum Gasteiger partial charge on any atom is 0.122 e. The molecular formula is C47H48O3. The molecule has 50 heavy (non-hydrogen) atoms. The highest BCUT2D eigenvalue weighted by Gasteiger charge is 2.27. The van der Waals surface area contributed by atoms with E-state index >= 15 is 0 Å². The van der Waals surface area contributed by atoms with Crippen molar-refractivity contribution >= 4 is 0 Å². The van der Waals surface area contributed by atoms with E-state index in [2.05, 4.69) is 107 Å². The number of rotatable bonds is 10. The fourth-order valence-electron chi connectivity index (χ4n) is 7.12. The summed E-state index contributed by atoms with van der Waals surface area (Å²) in [6, 6.07) is 39.9. The second-order valence-corrected chi connectivity index (χ2v) is 14.8. The van der Waals surface area contributed by atoms with Crippen LogP contribution in [0.25, 0.3) is 0 Å². The van der Waals surface area contributed by atoms with Crippen molar-refractivity contribution in [3.8, 4) is 17.2 Å². The first-order chi connectivity index (χ1) is 23.8. The number of aryl methyl sites for hydroxylation is 4. The third kappa shape index (κ3) is 7.95. The maximum atomic E-state index is 11.8. The Morgan fingerprint density at radius 1 is 0.400 bits per heavy atom. The predicted molar refractivity (Wildman–Crippen MR) is 206 cm³/mol. The van der Waals surface area contributed by atoms with Crippen molar-refractivity contribution in [1.29, 1.82) is 0 Å². The Morgan fingerprint density at radius 3 is 1.26 bits per heavy atom. The van der Waals surface area contributed by atoms with E-state index in [4.69, 9.17) is 0 Å². The molecule has 254 valence electrons. The Hall–Kier alpha value is -5.28. The summed E-state index contributed by atoms with van der Waals surface area (Å²) >= 11 is 0. The molecule has 0 saturated carbocycles. The van der Waals surface area contributed by atoms with Crippen molar-refractivity contribution in [2.24, 2.45) is 0 Å². The molecule has 0 bridgehead atoms. The Morgan fingerprint density at radius 2 is 0.820 bits per heavy atom. The van der Waals surface area contributed by atoms with Crippen LogP contribution < -0.4 is 0 Å². The number of phenolic OH excluding ortho intramolecular Hbond substituents is 3. The van der Waals surface area contributed by atoms with Crippen LogP contribution in [0, 0.1) is 27.7 Å². The van der Waals surface area contributed by atoms with Crippen LogP contribution in [0.4, 0.5) is 0 Å². The number of aromatic hydroxyl groups is 3. The zero-order chi connectivity index (χ0) is 35.6. The number of phenols is 3. The molecule has 0 unspecified atom stereocenters. The summed E-state index contributed by atoms with van der Waals surface area (Å²) in [5.41, 5.74) is 14.5. The van der Waals surface area contributed by atoms with Crippen molar-refractivity contribution in [2.75, 3.05) is 0 Å². The molecule has 0 spiro atoms. The van der Waals surface area contributed by atoms with Gasteiger partial charge in [0, 0.05) is 18.3 Å². The fourth-order valence-corrected chi connectivity index (χ4v) is 7.12. The SMILES string of the molecule is Cc1cccc(Cc2cc(Cc3cccc(C)c3)cc(C(C)(C)c3cc(Cc4cc(C)ccc4O)c(O)c(Cc4cc(C)ccc4O)c3)c2)c1. The highest BCUT2D eigenvalue weighted by Crippen LogP contribution is 2.40. The minimum atomic E-state index is -0.440. The second kappa shape index (κ2) is 14.3. The minimum Gasteiger partial charge on any atom is -0.508 e. The van der Waals surface area contributed by atoms with Gasteiger partial charge in [-0.05, 0) is 108 Å². The Labute approximate surface area is 297 Å². The molecule has 0 heterocycles. The standard InChI is InChI=1S/C47H48O3/c1-30-9-7-11-34(17-30)21-36-23-37(22-35-12-8-10-31(2)18-35)25-42(24-36)47(5,6)43-28-40(26-38-19-32(3)13-15-44(38)48)46(50)41(29-43)27-39-20-33(4)14-16-45(39)49/h7-20,23-25,28-29,48-50H,21-22,26-27H2,1-6H3. The lowest BCUT2D eigenvalue weighted by Crippen LogP contribution is -2.21. The highest BCUT2D eigenvalue weighted by atomic mass is 16.3. The van der Waals surface area contributed by atoms with Crippen LogP contribution in [0.15, 0.2) is 115 Å². The normalized spacial score (nSPS) is 11.6. The van der Waals surface area contributed by atoms with Crippen molar-refractivity contribution < 1.29 is 15.3 Å². The third-order valence-electron chi connectivity index (χ3n) is 9.98. The molecule has 6 rings (SSSR count). The van der Waals surface area contributed by atoms with Crippen molar-refractivity contribution in [3.63, 3.8) is 0 Å². The average Bonchev–Trinajstić information content (AvgIpc) is 3.06. The molecule has 0 saturated heterocycles. The average molecular weight is 661 g/mol. The first-order valence-electron chi connectivity index (χ1n) is 17.5. The van der Waals surface area contributed by atoms with Gasteiger partial charge in [-0.3, -0.25) is 0 Å². The molecule has 0 aliphatic carbocycles. The van der Waals surface area contributed by atoms with Crippen LogP contribution in [0.2, 0.25) is 0 Å². The van der Waals surface area contributed by atoms with E-state index in [0.29, 0.717) is 12.8 Å². The topological polar surface area (TPSA) is 60.7 Å². The van der Waals surface area contributed by atoms with Gasteiger partial charge in [0.2, 0.25) is 0 Å². The van der Waals surface area contributed by atoms with Gasteiger partial charge >= 0.3 is 0 Å². The van der Waals surface area contributed by atoms with Gasteiger partial charge in [-0.1, -0.05) is 139 Å². The smallest absolute Gasteiger partial charge is 0.122 e. The molecule has 0 atom stereocenters. The van der Waals surface area contributed by atoms with E-state index in [9.17, 15) is 15.3 Å². The molecule has 0 aromatic heterocycles. The molecule has 3 nitrogen and oxygen atoms in total. The summed E-state index contributed by atoms with van der Waals surface area (Å²) in [6.07, 6.45) is 2.42. The van der Waals surface area contributed by atoms with Crippen LogP contribution in [-0.2, 0) is 31.1 Å². The molecule has 0 amide bonds. The zero-order valence-corrected chi connectivity index (χ0v) is 30.1. The molecule has 0 fully saturated rings. The molecule has 0 aliphatic heterocycles. The van der Waals surface area contributed by atoms with Crippen molar-refractivity contribution in [2.45, 2.75) is 72.6 Å². The van der Waals surface area contributed by atoms with Gasteiger partial charge in [0.15, 0.2) is 0 Å². The Kier molecular flexibility index (Phi) is 9.88. The van der Waals surface area contributed by atoms with E-state index in [1.165, 1.54) is 38.9 Å². The molecule has 0 radical (unpaired) electrons. The molecule has 6 aromatic rings. The number of hydrogen-bond donors (Lipinski definition) is 3. The molecular weight excluding hydrogens is 613 g/mol. The monoisotopic (exact) mass is 660 g/mol. The molecule has 6 aromatic carbocycles. The zero-order valence-electron chi connectivity index (χ0n) is 30.1. The predicted octanol–water partition coefficient (Wildman–Crippen LogP) is 10.7. The summed E-state index contributed by atoms with van der Waals surface area (Å²) in [7, 11) is 0. The Bertz CT molecular complexity index is 2030. The molecule has 3 heteroatoms. The minimum absolute atomic E-state index is 0.194. The van der Waals surface area contributed by atoms with Crippen LogP contribution in [-0.4, -0.2) is 15.3 Å². The molecule has 0 aliphatic rings. The lowest BCUT2D eigenvalue weighted by Gasteiger charge is -2.29. The van der Waals surface area contributed by atoms with Gasteiger partial charge in [-0.25, -0.2) is 0 Å². The maximum absolute atomic E-state index is 11.8. The highest BCUT2D eigenvalue weighted by molar-refractivity contribution is 5.55. The second-order valence-electron chi connectivity index (χ2n) is 14.8. The lowest BCUT2D eigenvalue weighted by atomic mass is 9.75. The van der Waals surface area contributed by atoms with Crippen LogP contribution in [0.3, 0.4) is 0 Å². The van der Waals surface area contributed by atoms with E-state index in [0.717, 1.165) is 51.8 Å². The van der Waals surface area contributed by atoms with Gasteiger partial charge in [0.05, 0.1) is 0 Å². The summed E-state index contributed by atoms with van der Waals surface area (Å²) in [5, 5.41) is 33.4. The lowest BCUT2D eigenvalue weighted by molar-refractivity contribution is 0.456. The van der Waals surface area contributed by atoms with Crippen molar-refractivity contribution in [1.82, 2.24) is 0 Å². The quantitative estimate of drug-likeness (QED) is 0.137. The van der Waals surface area contributed by atoms with Gasteiger partial charge in [0.1, 0.15) is 17.2 Å².